The normalized spacial score (nSPS) is 11.2. The molecule has 1 N–H and O–H groups in total. The maximum atomic E-state index is 11.8. The summed E-state index contributed by atoms with van der Waals surface area (Å²) in [5.74, 6) is 4.15. The maximum absolute atomic E-state index is 11.8. The van der Waals surface area contributed by atoms with Gasteiger partial charge in [-0.15, -0.1) is 94.1 Å². The van der Waals surface area contributed by atoms with E-state index < -0.39 is 0 Å². The molecule has 29 heavy (non-hydrogen) atoms. The second-order valence-corrected chi connectivity index (χ2v) is 16.8. The highest BCUT2D eigenvalue weighted by Gasteiger charge is 2.03. The molecule has 0 aliphatic carbocycles. The molecule has 0 saturated heterocycles. The van der Waals surface area contributed by atoms with Crippen LogP contribution in [0.2, 0.25) is 0 Å². The average molecular weight is 595 g/mol. The van der Waals surface area contributed by atoms with Crippen molar-refractivity contribution in [3.05, 3.63) is 0 Å². The van der Waals surface area contributed by atoms with Crippen LogP contribution in [0, 0.1) is 0 Å². The second kappa shape index (κ2) is 29.1. The van der Waals surface area contributed by atoms with Gasteiger partial charge in [0.2, 0.25) is 0 Å². The van der Waals surface area contributed by atoms with Crippen molar-refractivity contribution < 1.29 is 19.7 Å². The van der Waals surface area contributed by atoms with Crippen molar-refractivity contribution in [2.75, 3.05) is 78.3 Å². The molecule has 0 aliphatic heterocycles. The molecule has 0 bridgehead atoms. The van der Waals surface area contributed by atoms with Gasteiger partial charge in [-0.1, -0.05) is 11.8 Å². The van der Waals surface area contributed by atoms with Crippen molar-refractivity contribution in [2.24, 2.45) is 0 Å². The van der Waals surface area contributed by atoms with Crippen LogP contribution < -0.4 is 0 Å². The number of hydrogen-bond acceptors (Lipinski definition) is 14. The zero-order valence-corrected chi connectivity index (χ0v) is 24.6. The number of carbonyl (C=O) groups excluding carboxylic acids is 1. The fourth-order valence-electron chi connectivity index (χ4n) is 1.25. The highest BCUT2D eigenvalue weighted by Crippen LogP contribution is 2.24. The van der Waals surface area contributed by atoms with Crippen molar-refractivity contribution in [1.82, 2.24) is 0 Å². The molecule has 0 saturated carbocycles. The molecule has 0 radical (unpaired) electrons. The van der Waals surface area contributed by atoms with Gasteiger partial charge in [-0.3, -0.25) is 4.79 Å². The van der Waals surface area contributed by atoms with Crippen molar-refractivity contribution in [2.45, 2.75) is 0 Å². The molecule has 0 unspecified atom stereocenters. The number of rotatable bonds is 24. The van der Waals surface area contributed by atoms with E-state index in [1.807, 2.05) is 70.6 Å². The Morgan fingerprint density at radius 1 is 0.724 bits per heavy atom. The Morgan fingerprint density at radius 3 is 2.14 bits per heavy atom. The van der Waals surface area contributed by atoms with Crippen LogP contribution in [0.3, 0.4) is 0 Å². The van der Waals surface area contributed by atoms with Crippen molar-refractivity contribution in [3.63, 3.8) is 0 Å². The smallest absolute Gasteiger partial charge is 0.199 e. The Morgan fingerprint density at radius 2 is 1.38 bits per heavy atom. The zero-order valence-electron chi connectivity index (χ0n) is 16.4. The Hall–Kier alpha value is 3.05. The molecule has 0 amide bonds. The van der Waals surface area contributed by atoms with E-state index in [4.69, 9.17) is 14.9 Å². The molecular weight excluding hydrogens is 565 g/mol. The van der Waals surface area contributed by atoms with E-state index >= 15 is 0 Å². The molecule has 14 heteroatoms. The van der Waals surface area contributed by atoms with Gasteiger partial charge in [-0.2, -0.15) is 11.8 Å². The molecule has 0 aromatic rings. The Kier molecular flexibility index (Phi) is 32.1. The van der Waals surface area contributed by atoms with Crippen LogP contribution in [0.4, 0.5) is 0 Å². The number of aliphatic hydroxyl groups excluding tert-OH is 1. The minimum absolute atomic E-state index is 0.181. The van der Waals surface area contributed by atoms with E-state index in [1.54, 1.807) is 23.5 Å². The zero-order chi connectivity index (χ0) is 21.3. The van der Waals surface area contributed by atoms with Gasteiger partial charge in [0.25, 0.3) is 0 Å². The number of hydrogen-bond donors (Lipinski definition) is 1. The molecule has 4 nitrogen and oxygen atoms in total. The topological polar surface area (TPSA) is 55.8 Å². The first-order chi connectivity index (χ1) is 14.3. The summed E-state index contributed by atoms with van der Waals surface area (Å²) in [5, 5.41) is 15.1. The molecule has 0 atom stereocenters. The van der Waals surface area contributed by atoms with Gasteiger partial charge < -0.3 is 5.11 Å². The first-order valence-electron chi connectivity index (χ1n) is 8.43. The van der Waals surface area contributed by atoms with Gasteiger partial charge >= 0.3 is 0 Å². The van der Waals surface area contributed by atoms with E-state index in [0.29, 0.717) is 23.4 Å². The van der Waals surface area contributed by atoms with Gasteiger partial charge in [0.05, 0.1) is 18.3 Å². The predicted octanol–water partition coefficient (Wildman–Crippen LogP) is 6.08. The summed E-state index contributed by atoms with van der Waals surface area (Å²) < 4.78 is 0. The van der Waals surface area contributed by atoms with Crippen LogP contribution in [0.15, 0.2) is 0 Å². The first-order valence-corrected chi connectivity index (χ1v) is 20.0. The second-order valence-electron chi connectivity index (χ2n) is 4.59. The van der Waals surface area contributed by atoms with Crippen LogP contribution in [-0.2, 0) is 14.6 Å². The monoisotopic (exact) mass is 594 g/mol. The molecule has 0 aromatic carbocycles. The number of carbonyl (C=O) groups is 1. The maximum Gasteiger partial charge on any atom is 0.199 e. The van der Waals surface area contributed by atoms with Crippen LogP contribution in [0.25, 0.3) is 0 Å². The predicted molar refractivity (Wildman–Crippen MR) is 155 cm³/mol. The van der Waals surface area contributed by atoms with Crippen LogP contribution >= 0.6 is 118 Å². The van der Waals surface area contributed by atoms with Gasteiger partial charge in [0, 0.05) is 47.8 Å². The summed E-state index contributed by atoms with van der Waals surface area (Å²) in [6, 6.07) is 0. The Balaban J connectivity index is 3.10. The van der Waals surface area contributed by atoms with Gasteiger partial charge in [-0.05, 0) is 6.26 Å². The fourth-order valence-corrected chi connectivity index (χ4v) is 11.3. The van der Waals surface area contributed by atoms with E-state index in [1.165, 1.54) is 23.5 Å². The summed E-state index contributed by atoms with van der Waals surface area (Å²) in [6.45, 7) is 0.606. The average Bonchev–Trinajstić information content (AvgIpc) is 2.73. The molecule has 174 valence electrons. The quantitative estimate of drug-likeness (QED) is 0.0608. The third-order valence-electron chi connectivity index (χ3n) is 2.38. The van der Waals surface area contributed by atoms with Crippen LogP contribution in [0.1, 0.15) is 0 Å². The summed E-state index contributed by atoms with van der Waals surface area (Å²) >= 11 is 17.6. The van der Waals surface area contributed by atoms with Crippen LogP contribution in [-0.4, -0.2) is 88.5 Å². The number of aliphatic hydroxyl groups is 1. The lowest BCUT2D eigenvalue weighted by Crippen LogP contribution is -2.00. The Labute approximate surface area is 218 Å². The van der Waals surface area contributed by atoms with Crippen molar-refractivity contribution >= 4 is 123 Å². The molecule has 0 heterocycles. The minimum Gasteiger partial charge on any atom is -0.386 e. The first kappa shape index (κ1) is 32.0. The van der Waals surface area contributed by atoms with Gasteiger partial charge in [0.15, 0.2) is 5.12 Å². The molecule has 0 aliphatic rings. The standard InChI is InChI=1S/C15H30O4S10/c1-20-9-25-12-28-14-29-15(17)6-24-11-27-13-26-10-23-3-2-18-19-8-22-5-4-21-7-16/h16H,2-14H2,1H3. The van der Waals surface area contributed by atoms with Crippen molar-refractivity contribution in [3.8, 4) is 0 Å². The van der Waals surface area contributed by atoms with E-state index in [-0.39, 0.29) is 5.94 Å². The molecular formula is C15H30O4S10. The molecule has 0 aromatic heterocycles. The SMILES string of the molecule is CSCSCSCSC(=O)CSCSCSCSCCOOCSCCSCO. The lowest BCUT2D eigenvalue weighted by atomic mass is 10.9. The molecule has 0 fully saturated rings. The Bertz CT molecular complexity index is 344. The van der Waals surface area contributed by atoms with E-state index in [9.17, 15) is 4.79 Å². The van der Waals surface area contributed by atoms with Crippen LogP contribution in [0.5, 0.6) is 0 Å². The lowest BCUT2D eigenvalue weighted by Gasteiger charge is -2.04. The lowest BCUT2D eigenvalue weighted by molar-refractivity contribution is -0.274. The minimum atomic E-state index is 0.181. The third kappa shape index (κ3) is 29.0. The number of thioether (sulfide) groups is 10. The summed E-state index contributed by atoms with van der Waals surface area (Å²) in [7, 11) is 0. The summed E-state index contributed by atoms with van der Waals surface area (Å²) in [5.41, 5.74) is 0. The molecule has 0 spiro atoms. The van der Waals surface area contributed by atoms with E-state index in [0.717, 1.165) is 47.8 Å². The largest absolute Gasteiger partial charge is 0.386 e. The summed E-state index contributed by atoms with van der Waals surface area (Å²) in [6.07, 6.45) is 2.11. The molecule has 0 rings (SSSR count). The van der Waals surface area contributed by atoms with E-state index in [2.05, 4.69) is 6.26 Å². The highest BCUT2D eigenvalue weighted by molar-refractivity contribution is 8.30. The van der Waals surface area contributed by atoms with Gasteiger partial charge in [0.1, 0.15) is 5.94 Å². The highest BCUT2D eigenvalue weighted by atomic mass is 32.3. The van der Waals surface area contributed by atoms with Gasteiger partial charge in [-0.25, -0.2) is 9.78 Å². The summed E-state index contributed by atoms with van der Waals surface area (Å²) in [4.78, 5) is 22.0. The van der Waals surface area contributed by atoms with Crippen molar-refractivity contribution in [1.29, 1.82) is 0 Å². The fraction of sp³-hybridized carbons (Fsp3) is 0.933. The third-order valence-corrected chi connectivity index (χ3v) is 13.7.